The second-order valence-electron chi connectivity index (χ2n) is 4.41. The molecule has 0 amide bonds. The minimum atomic E-state index is -0.921. The molecule has 0 saturated heterocycles. The molecule has 98 valence electrons. The van der Waals surface area contributed by atoms with E-state index in [1.165, 1.54) is 0 Å². The van der Waals surface area contributed by atoms with E-state index in [2.05, 4.69) is 0 Å². The van der Waals surface area contributed by atoms with Crippen LogP contribution in [-0.4, -0.2) is 18.4 Å². The molecule has 1 aromatic rings. The number of halogens is 1. The van der Waals surface area contributed by atoms with E-state index in [1.807, 2.05) is 0 Å². The van der Waals surface area contributed by atoms with E-state index in [0.29, 0.717) is 22.9 Å². The highest BCUT2D eigenvalue weighted by molar-refractivity contribution is 6.32. The van der Waals surface area contributed by atoms with Crippen LogP contribution >= 0.6 is 11.6 Å². The van der Waals surface area contributed by atoms with Crippen molar-refractivity contribution in [3.63, 3.8) is 0 Å². The third-order valence-corrected chi connectivity index (χ3v) is 2.83. The Bertz CT molecular complexity index is 470. The third kappa shape index (κ3) is 2.44. The van der Waals surface area contributed by atoms with Gasteiger partial charge in [0.2, 0.25) is 5.79 Å². The summed E-state index contributed by atoms with van der Waals surface area (Å²) in [5.41, 5.74) is 0.597. The summed E-state index contributed by atoms with van der Waals surface area (Å²) in [5.74, 6) is -0.874. The van der Waals surface area contributed by atoms with Crippen molar-refractivity contribution in [2.75, 3.05) is 6.61 Å². The van der Waals surface area contributed by atoms with Crippen LogP contribution in [0, 0.1) is 0 Å². The molecule has 0 aliphatic carbocycles. The van der Waals surface area contributed by atoms with Crippen LogP contribution in [0.1, 0.15) is 32.4 Å². The summed E-state index contributed by atoms with van der Waals surface area (Å²) in [6.07, 6.45) is -0.803. The minimum Gasteiger partial charge on any atom is -0.464 e. The fourth-order valence-corrected chi connectivity index (χ4v) is 2.07. The van der Waals surface area contributed by atoms with Crippen LogP contribution in [0.25, 0.3) is 0 Å². The molecular weight excluding hydrogens is 256 g/mol. The third-order valence-electron chi connectivity index (χ3n) is 2.53. The van der Waals surface area contributed by atoms with Gasteiger partial charge in [-0.3, -0.25) is 0 Å². The Balaban J connectivity index is 2.44. The highest BCUT2D eigenvalue weighted by Gasteiger charge is 2.40. The summed E-state index contributed by atoms with van der Waals surface area (Å²) in [7, 11) is 0. The molecule has 1 heterocycles. The first-order valence-electron chi connectivity index (χ1n) is 5.76. The van der Waals surface area contributed by atoms with Gasteiger partial charge in [0.1, 0.15) is 5.75 Å². The maximum atomic E-state index is 11.9. The van der Waals surface area contributed by atoms with Crippen molar-refractivity contribution in [1.29, 1.82) is 0 Å². The highest BCUT2D eigenvalue weighted by Crippen LogP contribution is 2.43. The predicted octanol–water partition coefficient (Wildman–Crippen LogP) is 3.09. The molecule has 0 radical (unpaired) electrons. The number of ether oxygens (including phenoxy) is 3. The predicted molar refractivity (Wildman–Crippen MR) is 66.6 cm³/mol. The molecule has 2 rings (SSSR count). The smallest absolute Gasteiger partial charge is 0.340 e. The molecule has 18 heavy (non-hydrogen) atoms. The number of hydrogen-bond acceptors (Lipinski definition) is 4. The summed E-state index contributed by atoms with van der Waals surface area (Å²) in [4.78, 5) is 11.9. The fraction of sp³-hybridized carbons (Fsp3) is 0.462. The first kappa shape index (κ1) is 13.2. The largest absolute Gasteiger partial charge is 0.464 e. The number of benzene rings is 1. The molecule has 0 N–H and O–H groups in total. The van der Waals surface area contributed by atoms with Crippen molar-refractivity contribution in [3.05, 3.63) is 28.8 Å². The van der Waals surface area contributed by atoms with Crippen LogP contribution in [0.2, 0.25) is 5.02 Å². The fourth-order valence-electron chi connectivity index (χ4n) is 1.85. The Hall–Kier alpha value is -1.26. The van der Waals surface area contributed by atoms with Gasteiger partial charge in [-0.2, -0.15) is 0 Å². The van der Waals surface area contributed by atoms with Gasteiger partial charge in [0.15, 0.2) is 6.10 Å². The molecule has 1 aliphatic rings. The SMILES string of the molecule is CCOC(=O)C1OC(C)(C)Oc2c(Cl)cccc21. The zero-order chi connectivity index (χ0) is 13.3. The Morgan fingerprint density at radius 2 is 2.22 bits per heavy atom. The number of hydrogen-bond donors (Lipinski definition) is 0. The zero-order valence-corrected chi connectivity index (χ0v) is 11.3. The van der Waals surface area contributed by atoms with Gasteiger partial charge in [0.05, 0.1) is 11.6 Å². The van der Waals surface area contributed by atoms with E-state index >= 15 is 0 Å². The molecule has 0 saturated carbocycles. The molecular formula is C13H15ClO4. The molecule has 4 nitrogen and oxygen atoms in total. The molecule has 1 aliphatic heterocycles. The van der Waals surface area contributed by atoms with E-state index in [9.17, 15) is 4.79 Å². The lowest BCUT2D eigenvalue weighted by atomic mass is 10.1. The number of para-hydroxylation sites is 1. The van der Waals surface area contributed by atoms with Gasteiger partial charge in [-0.1, -0.05) is 23.7 Å². The second kappa shape index (κ2) is 4.78. The van der Waals surface area contributed by atoms with E-state index in [4.69, 9.17) is 25.8 Å². The molecule has 1 aromatic carbocycles. The first-order chi connectivity index (χ1) is 8.44. The Labute approximate surface area is 111 Å². The Morgan fingerprint density at radius 1 is 1.50 bits per heavy atom. The normalized spacial score (nSPS) is 20.8. The highest BCUT2D eigenvalue weighted by atomic mass is 35.5. The molecule has 5 heteroatoms. The van der Waals surface area contributed by atoms with Gasteiger partial charge in [-0.25, -0.2) is 4.79 Å². The van der Waals surface area contributed by atoms with Crippen molar-refractivity contribution in [1.82, 2.24) is 0 Å². The topological polar surface area (TPSA) is 44.8 Å². The van der Waals surface area contributed by atoms with Gasteiger partial charge in [0, 0.05) is 19.4 Å². The molecule has 0 spiro atoms. The molecule has 0 fully saturated rings. The molecule has 1 atom stereocenters. The monoisotopic (exact) mass is 270 g/mol. The molecule has 0 bridgehead atoms. The summed E-state index contributed by atoms with van der Waals surface area (Å²) >= 11 is 6.08. The van der Waals surface area contributed by atoms with Crippen molar-refractivity contribution in [2.45, 2.75) is 32.7 Å². The lowest BCUT2D eigenvalue weighted by molar-refractivity contribution is -0.219. The number of esters is 1. The summed E-state index contributed by atoms with van der Waals surface area (Å²) in [5, 5.41) is 0.457. The minimum absolute atomic E-state index is 0.301. The van der Waals surface area contributed by atoms with Crippen molar-refractivity contribution < 1.29 is 19.0 Å². The van der Waals surface area contributed by atoms with Crippen molar-refractivity contribution in [3.8, 4) is 5.75 Å². The second-order valence-corrected chi connectivity index (χ2v) is 4.82. The number of carbonyl (C=O) groups excluding carboxylic acids is 1. The van der Waals surface area contributed by atoms with Crippen LogP contribution in [0.15, 0.2) is 18.2 Å². The van der Waals surface area contributed by atoms with Crippen LogP contribution in [0.4, 0.5) is 0 Å². The molecule has 1 unspecified atom stereocenters. The molecule has 0 aromatic heterocycles. The Kier molecular flexibility index (Phi) is 3.50. The van der Waals surface area contributed by atoms with Gasteiger partial charge in [0.25, 0.3) is 0 Å². The van der Waals surface area contributed by atoms with E-state index in [-0.39, 0.29) is 0 Å². The van der Waals surface area contributed by atoms with Gasteiger partial charge >= 0.3 is 5.97 Å². The lowest BCUT2D eigenvalue weighted by Gasteiger charge is -2.36. The van der Waals surface area contributed by atoms with Gasteiger partial charge < -0.3 is 14.2 Å². The Morgan fingerprint density at radius 3 is 2.89 bits per heavy atom. The lowest BCUT2D eigenvalue weighted by Crippen LogP contribution is -2.40. The number of carbonyl (C=O) groups is 1. The number of rotatable bonds is 2. The van der Waals surface area contributed by atoms with E-state index in [0.717, 1.165) is 0 Å². The average Bonchev–Trinajstić information content (AvgIpc) is 2.29. The van der Waals surface area contributed by atoms with E-state index in [1.54, 1.807) is 39.0 Å². The number of fused-ring (bicyclic) bond motifs is 1. The quantitative estimate of drug-likeness (QED) is 0.775. The van der Waals surface area contributed by atoms with Crippen molar-refractivity contribution in [2.24, 2.45) is 0 Å². The summed E-state index contributed by atoms with van der Waals surface area (Å²) in [6.45, 7) is 5.51. The average molecular weight is 271 g/mol. The standard InChI is InChI=1S/C13H15ClO4/c1-4-16-12(15)11-8-6-5-7-9(14)10(8)17-13(2,3)18-11/h5-7,11H,4H2,1-3H3. The van der Waals surface area contributed by atoms with Gasteiger partial charge in [-0.15, -0.1) is 0 Å². The van der Waals surface area contributed by atoms with E-state index < -0.39 is 17.9 Å². The zero-order valence-electron chi connectivity index (χ0n) is 10.5. The van der Waals surface area contributed by atoms with Crippen LogP contribution in [0.3, 0.4) is 0 Å². The van der Waals surface area contributed by atoms with Crippen LogP contribution < -0.4 is 4.74 Å². The maximum absolute atomic E-state index is 11.9. The maximum Gasteiger partial charge on any atom is 0.340 e. The van der Waals surface area contributed by atoms with Gasteiger partial charge in [-0.05, 0) is 13.0 Å². The van der Waals surface area contributed by atoms with Crippen molar-refractivity contribution >= 4 is 17.6 Å². The van der Waals surface area contributed by atoms with Crippen LogP contribution in [0.5, 0.6) is 5.75 Å². The first-order valence-corrected chi connectivity index (χ1v) is 6.14. The van der Waals surface area contributed by atoms with Crippen LogP contribution in [-0.2, 0) is 14.3 Å². The summed E-state index contributed by atoms with van der Waals surface area (Å²) < 4.78 is 16.3. The summed E-state index contributed by atoms with van der Waals surface area (Å²) in [6, 6.07) is 5.21.